The Balaban J connectivity index is 3.09. The summed E-state index contributed by atoms with van der Waals surface area (Å²) in [5, 5.41) is 2.89. The minimum absolute atomic E-state index is 0.0400. The van der Waals surface area contributed by atoms with E-state index in [9.17, 15) is 4.79 Å². The fraction of sp³-hybridized carbons (Fsp3) is 0.533. The van der Waals surface area contributed by atoms with Gasteiger partial charge in [-0.05, 0) is 20.2 Å². The maximum atomic E-state index is 11.7. The third-order valence-corrected chi connectivity index (χ3v) is 3.24. The number of nitrogen functional groups attached to an aromatic ring is 1. The van der Waals surface area contributed by atoms with Gasteiger partial charge in [0.2, 0.25) is 5.91 Å². The molecule has 21 heavy (non-hydrogen) atoms. The van der Waals surface area contributed by atoms with Gasteiger partial charge in [-0.2, -0.15) is 0 Å². The van der Waals surface area contributed by atoms with Crippen LogP contribution >= 0.6 is 0 Å². The van der Waals surface area contributed by atoms with Gasteiger partial charge in [0.05, 0.1) is 24.2 Å². The molecule has 3 N–H and O–H groups in total. The molecule has 0 radical (unpaired) electrons. The largest absolute Gasteiger partial charge is 0.495 e. The lowest BCUT2D eigenvalue weighted by molar-refractivity contribution is -0.115. The van der Waals surface area contributed by atoms with E-state index in [0.29, 0.717) is 23.5 Å². The number of nitrogens with one attached hydrogen (secondary N) is 1. The molecule has 1 aromatic carbocycles. The second-order valence-electron chi connectivity index (χ2n) is 5.24. The molecule has 1 rings (SSSR count). The first-order chi connectivity index (χ1) is 9.88. The number of likely N-dealkylation sites (N-methyl/N-ethyl adjacent to an activating group) is 2. The van der Waals surface area contributed by atoms with Crippen LogP contribution in [-0.4, -0.2) is 52.1 Å². The van der Waals surface area contributed by atoms with Crippen molar-refractivity contribution in [2.24, 2.45) is 0 Å². The lowest BCUT2D eigenvalue weighted by Crippen LogP contribution is -2.29. The van der Waals surface area contributed by atoms with E-state index in [1.807, 2.05) is 34.1 Å². The minimum atomic E-state index is -0.0400. The molecule has 0 saturated heterocycles. The van der Waals surface area contributed by atoms with Crippen LogP contribution in [0.4, 0.5) is 17.1 Å². The van der Waals surface area contributed by atoms with Crippen molar-refractivity contribution in [1.82, 2.24) is 4.90 Å². The number of methoxy groups -OCH3 is 1. The Morgan fingerprint density at radius 1 is 1.29 bits per heavy atom. The van der Waals surface area contributed by atoms with E-state index in [0.717, 1.165) is 18.8 Å². The summed E-state index contributed by atoms with van der Waals surface area (Å²) in [5.41, 5.74) is 8.05. The molecule has 0 unspecified atom stereocenters. The van der Waals surface area contributed by atoms with Crippen molar-refractivity contribution in [3.8, 4) is 5.75 Å². The number of carbonyl (C=O) groups excluding carboxylic acids is 1. The van der Waals surface area contributed by atoms with E-state index < -0.39 is 0 Å². The van der Waals surface area contributed by atoms with Crippen LogP contribution in [0.2, 0.25) is 0 Å². The van der Waals surface area contributed by atoms with Crippen LogP contribution in [-0.2, 0) is 4.79 Å². The molecule has 0 aliphatic carbocycles. The van der Waals surface area contributed by atoms with Gasteiger partial charge < -0.3 is 25.6 Å². The Morgan fingerprint density at radius 3 is 2.48 bits per heavy atom. The molecule has 1 aromatic rings. The van der Waals surface area contributed by atoms with Gasteiger partial charge in [0.25, 0.3) is 0 Å². The number of nitrogens with two attached hydrogens (primary N) is 1. The van der Waals surface area contributed by atoms with Gasteiger partial charge in [-0.15, -0.1) is 0 Å². The van der Waals surface area contributed by atoms with Gasteiger partial charge >= 0.3 is 0 Å². The lowest BCUT2D eigenvalue weighted by atomic mass is 10.2. The fourth-order valence-electron chi connectivity index (χ4n) is 1.89. The van der Waals surface area contributed by atoms with Crippen LogP contribution in [0, 0.1) is 0 Å². The molecular formula is C15H26N4O2. The summed E-state index contributed by atoms with van der Waals surface area (Å²) in [6, 6.07) is 3.60. The number of hydrogen-bond donors (Lipinski definition) is 2. The Labute approximate surface area is 126 Å². The second-order valence-corrected chi connectivity index (χ2v) is 5.24. The summed E-state index contributed by atoms with van der Waals surface area (Å²) in [6.45, 7) is 3.55. The number of ether oxygens (including phenoxy) is 1. The van der Waals surface area contributed by atoms with Gasteiger partial charge in [-0.1, -0.05) is 6.92 Å². The highest BCUT2D eigenvalue weighted by molar-refractivity contribution is 5.95. The normalized spacial score (nSPS) is 10.6. The number of hydrogen-bond acceptors (Lipinski definition) is 5. The highest BCUT2D eigenvalue weighted by Gasteiger charge is 2.14. The molecule has 0 saturated carbocycles. The van der Waals surface area contributed by atoms with E-state index in [1.165, 1.54) is 0 Å². The van der Waals surface area contributed by atoms with Gasteiger partial charge in [-0.25, -0.2) is 0 Å². The zero-order valence-corrected chi connectivity index (χ0v) is 13.6. The molecular weight excluding hydrogens is 268 g/mol. The first-order valence-corrected chi connectivity index (χ1v) is 7.02. The molecule has 1 amide bonds. The molecule has 0 heterocycles. The van der Waals surface area contributed by atoms with Crippen LogP contribution in [0.5, 0.6) is 5.75 Å². The van der Waals surface area contributed by atoms with Crippen molar-refractivity contribution in [3.05, 3.63) is 12.1 Å². The van der Waals surface area contributed by atoms with Crippen LogP contribution in [0.15, 0.2) is 12.1 Å². The van der Waals surface area contributed by atoms with E-state index in [4.69, 9.17) is 10.5 Å². The van der Waals surface area contributed by atoms with Crippen molar-refractivity contribution < 1.29 is 9.53 Å². The van der Waals surface area contributed by atoms with E-state index >= 15 is 0 Å². The predicted molar refractivity (Wildman–Crippen MR) is 88.2 cm³/mol. The monoisotopic (exact) mass is 294 g/mol. The average Bonchev–Trinajstić information content (AvgIpc) is 2.44. The number of benzene rings is 1. The Hall–Kier alpha value is -1.95. The third kappa shape index (κ3) is 4.82. The SMILES string of the molecule is CCC(=O)Nc1cc(N)c(OC)cc1N(C)CCN(C)C. The van der Waals surface area contributed by atoms with Gasteiger partial charge in [0.1, 0.15) is 5.75 Å². The molecule has 6 nitrogen and oxygen atoms in total. The van der Waals surface area contributed by atoms with Crippen molar-refractivity contribution in [3.63, 3.8) is 0 Å². The number of rotatable bonds is 7. The van der Waals surface area contributed by atoms with Crippen molar-refractivity contribution in [1.29, 1.82) is 0 Å². The van der Waals surface area contributed by atoms with Gasteiger partial charge in [0.15, 0.2) is 0 Å². The zero-order valence-electron chi connectivity index (χ0n) is 13.6. The smallest absolute Gasteiger partial charge is 0.224 e. The zero-order chi connectivity index (χ0) is 16.0. The van der Waals surface area contributed by atoms with Crippen molar-refractivity contribution in [2.45, 2.75) is 13.3 Å². The van der Waals surface area contributed by atoms with Crippen LogP contribution in [0.3, 0.4) is 0 Å². The third-order valence-electron chi connectivity index (χ3n) is 3.24. The fourth-order valence-corrected chi connectivity index (χ4v) is 1.89. The Bertz CT molecular complexity index is 489. The summed E-state index contributed by atoms with van der Waals surface area (Å²) in [6.07, 6.45) is 0.423. The van der Waals surface area contributed by atoms with Crippen LogP contribution in [0.1, 0.15) is 13.3 Å². The summed E-state index contributed by atoms with van der Waals surface area (Å²) >= 11 is 0. The Kier molecular flexibility index (Phi) is 6.30. The quantitative estimate of drug-likeness (QED) is 0.748. The van der Waals surface area contributed by atoms with Gasteiger partial charge in [0, 0.05) is 32.6 Å². The van der Waals surface area contributed by atoms with Crippen LogP contribution < -0.4 is 20.7 Å². The Morgan fingerprint density at radius 2 is 1.95 bits per heavy atom. The van der Waals surface area contributed by atoms with E-state index in [2.05, 4.69) is 15.1 Å². The molecule has 0 fully saturated rings. The second kappa shape index (κ2) is 7.73. The highest BCUT2D eigenvalue weighted by atomic mass is 16.5. The predicted octanol–water partition coefficient (Wildman–Crippen LogP) is 1.62. The summed E-state index contributed by atoms with van der Waals surface area (Å²) in [5.74, 6) is 0.568. The minimum Gasteiger partial charge on any atom is -0.495 e. The number of amides is 1. The van der Waals surface area contributed by atoms with Crippen molar-refractivity contribution in [2.75, 3.05) is 57.3 Å². The molecule has 0 atom stereocenters. The highest BCUT2D eigenvalue weighted by Crippen LogP contribution is 2.35. The molecule has 0 bridgehead atoms. The maximum absolute atomic E-state index is 11.7. The average molecular weight is 294 g/mol. The van der Waals surface area contributed by atoms with E-state index in [1.54, 1.807) is 13.2 Å². The summed E-state index contributed by atoms with van der Waals surface area (Å²) in [4.78, 5) is 15.9. The lowest BCUT2D eigenvalue weighted by Gasteiger charge is -2.25. The topological polar surface area (TPSA) is 70.8 Å². The molecule has 118 valence electrons. The van der Waals surface area contributed by atoms with E-state index in [-0.39, 0.29) is 5.91 Å². The number of anilines is 3. The first kappa shape index (κ1) is 17.1. The molecule has 6 heteroatoms. The van der Waals surface area contributed by atoms with Crippen LogP contribution in [0.25, 0.3) is 0 Å². The molecule has 0 aliphatic heterocycles. The maximum Gasteiger partial charge on any atom is 0.224 e. The molecule has 0 aromatic heterocycles. The van der Waals surface area contributed by atoms with Gasteiger partial charge in [-0.3, -0.25) is 4.79 Å². The summed E-state index contributed by atoms with van der Waals surface area (Å²) in [7, 11) is 7.62. The number of nitrogens with zero attached hydrogens (tertiary/aromatic N) is 2. The summed E-state index contributed by atoms with van der Waals surface area (Å²) < 4.78 is 5.27. The first-order valence-electron chi connectivity index (χ1n) is 7.02. The molecule has 0 aliphatic rings. The number of carbonyl (C=O) groups is 1. The molecule has 0 spiro atoms. The standard InChI is InChI=1S/C15H26N4O2/c1-6-15(20)17-12-9-11(16)14(21-5)10-13(12)19(4)8-7-18(2)3/h9-10H,6-8,16H2,1-5H3,(H,17,20). The van der Waals surface area contributed by atoms with Crippen molar-refractivity contribution >= 4 is 23.0 Å².